The second-order valence-electron chi connectivity index (χ2n) is 5.28. The highest BCUT2D eigenvalue weighted by Crippen LogP contribution is 2.33. The number of likely N-dealkylation sites (N-methyl/N-ethyl adjacent to an activating group) is 1. The number of amides is 1. The SMILES string of the molecule is C=CCN(CC=C)CC(O)c1ccc2c(c1)N(C)C(=O)CO2. The Bertz CT molecular complexity index is 561. The van der Waals surface area contributed by atoms with Gasteiger partial charge in [0.1, 0.15) is 5.75 Å². The summed E-state index contributed by atoms with van der Waals surface area (Å²) in [6.07, 6.45) is 2.93. The number of hydrogen-bond donors (Lipinski definition) is 1. The molecule has 0 spiro atoms. The van der Waals surface area contributed by atoms with Gasteiger partial charge < -0.3 is 14.7 Å². The fraction of sp³-hybridized carbons (Fsp3) is 0.353. The Morgan fingerprint density at radius 2 is 2.09 bits per heavy atom. The lowest BCUT2D eigenvalue weighted by Gasteiger charge is -2.28. The summed E-state index contributed by atoms with van der Waals surface area (Å²) in [4.78, 5) is 15.3. The molecule has 1 atom stereocenters. The first-order chi connectivity index (χ1) is 10.6. The van der Waals surface area contributed by atoms with E-state index in [1.165, 1.54) is 0 Å². The molecule has 22 heavy (non-hydrogen) atoms. The van der Waals surface area contributed by atoms with E-state index in [1.54, 1.807) is 36.2 Å². The minimum atomic E-state index is -0.657. The Kier molecular flexibility index (Phi) is 5.35. The van der Waals surface area contributed by atoms with Crippen LogP contribution >= 0.6 is 0 Å². The molecular formula is C17H22N2O3. The number of aliphatic hydroxyl groups is 1. The van der Waals surface area contributed by atoms with E-state index in [2.05, 4.69) is 13.2 Å². The first-order valence-corrected chi connectivity index (χ1v) is 7.22. The molecule has 1 aromatic rings. The van der Waals surface area contributed by atoms with Crippen LogP contribution in [-0.4, -0.2) is 49.2 Å². The number of carbonyl (C=O) groups excluding carboxylic acids is 1. The molecule has 1 aromatic carbocycles. The molecule has 0 radical (unpaired) electrons. The van der Waals surface area contributed by atoms with E-state index in [4.69, 9.17) is 4.74 Å². The number of ether oxygens (including phenoxy) is 1. The lowest BCUT2D eigenvalue weighted by atomic mass is 10.1. The van der Waals surface area contributed by atoms with Crippen LogP contribution in [-0.2, 0) is 4.79 Å². The fourth-order valence-electron chi connectivity index (χ4n) is 2.44. The number of carbonyl (C=O) groups is 1. The van der Waals surface area contributed by atoms with Crippen molar-refractivity contribution in [2.45, 2.75) is 6.10 Å². The average molecular weight is 302 g/mol. The second-order valence-corrected chi connectivity index (χ2v) is 5.28. The molecule has 1 aliphatic heterocycles. The average Bonchev–Trinajstić information content (AvgIpc) is 2.51. The molecule has 1 amide bonds. The highest BCUT2D eigenvalue weighted by molar-refractivity contribution is 5.97. The van der Waals surface area contributed by atoms with Crippen LogP contribution in [0.3, 0.4) is 0 Å². The number of aliphatic hydroxyl groups excluding tert-OH is 1. The summed E-state index contributed by atoms with van der Waals surface area (Å²) in [6.45, 7) is 9.31. The van der Waals surface area contributed by atoms with Crippen LogP contribution in [0.1, 0.15) is 11.7 Å². The molecule has 0 aromatic heterocycles. The summed E-state index contributed by atoms with van der Waals surface area (Å²) in [5, 5.41) is 10.4. The predicted molar refractivity (Wildman–Crippen MR) is 87.1 cm³/mol. The van der Waals surface area contributed by atoms with Crippen molar-refractivity contribution in [3.63, 3.8) is 0 Å². The lowest BCUT2D eigenvalue weighted by molar-refractivity contribution is -0.120. The van der Waals surface area contributed by atoms with E-state index >= 15 is 0 Å². The third-order valence-electron chi connectivity index (χ3n) is 3.66. The molecule has 0 bridgehead atoms. The van der Waals surface area contributed by atoms with Crippen molar-refractivity contribution in [1.29, 1.82) is 0 Å². The van der Waals surface area contributed by atoms with Crippen LogP contribution in [0.5, 0.6) is 5.75 Å². The van der Waals surface area contributed by atoms with E-state index in [1.807, 2.05) is 11.0 Å². The number of hydrogen-bond acceptors (Lipinski definition) is 4. The van der Waals surface area contributed by atoms with Gasteiger partial charge in [-0.2, -0.15) is 0 Å². The van der Waals surface area contributed by atoms with Crippen molar-refractivity contribution in [1.82, 2.24) is 4.90 Å². The number of fused-ring (bicyclic) bond motifs is 1. The van der Waals surface area contributed by atoms with Crippen LogP contribution < -0.4 is 9.64 Å². The van der Waals surface area contributed by atoms with Crippen LogP contribution in [0.2, 0.25) is 0 Å². The van der Waals surface area contributed by atoms with E-state index < -0.39 is 6.10 Å². The van der Waals surface area contributed by atoms with E-state index in [-0.39, 0.29) is 12.5 Å². The van der Waals surface area contributed by atoms with Gasteiger partial charge in [-0.3, -0.25) is 9.69 Å². The Balaban J connectivity index is 2.16. The van der Waals surface area contributed by atoms with Gasteiger partial charge in [0, 0.05) is 26.7 Å². The lowest BCUT2D eigenvalue weighted by Crippen LogP contribution is -2.35. The standard InChI is InChI=1S/C17H22N2O3/c1-4-8-19(9-5-2)11-15(20)13-6-7-16-14(10-13)18(3)17(21)12-22-16/h4-7,10,15,20H,1-2,8-9,11-12H2,3H3. The molecule has 1 heterocycles. The molecule has 1 N–H and O–H groups in total. The van der Waals surface area contributed by atoms with Gasteiger partial charge in [0.15, 0.2) is 6.61 Å². The van der Waals surface area contributed by atoms with Crippen molar-refractivity contribution < 1.29 is 14.6 Å². The monoisotopic (exact) mass is 302 g/mol. The first kappa shape index (κ1) is 16.3. The number of nitrogens with zero attached hydrogens (tertiary/aromatic N) is 2. The number of rotatable bonds is 7. The third-order valence-corrected chi connectivity index (χ3v) is 3.66. The largest absolute Gasteiger partial charge is 0.482 e. The molecule has 118 valence electrons. The predicted octanol–water partition coefficient (Wildman–Crippen LogP) is 1.75. The van der Waals surface area contributed by atoms with Crippen molar-refractivity contribution >= 4 is 11.6 Å². The van der Waals surface area contributed by atoms with Gasteiger partial charge in [0.05, 0.1) is 11.8 Å². The summed E-state index contributed by atoms with van der Waals surface area (Å²) in [5.74, 6) is 0.561. The van der Waals surface area contributed by atoms with Crippen LogP contribution in [0.4, 0.5) is 5.69 Å². The van der Waals surface area contributed by atoms with Crippen molar-refractivity contribution in [3.05, 3.63) is 49.1 Å². The van der Waals surface area contributed by atoms with E-state index in [9.17, 15) is 9.90 Å². The molecule has 5 heteroatoms. The maximum Gasteiger partial charge on any atom is 0.264 e. The van der Waals surface area contributed by atoms with Crippen molar-refractivity contribution in [2.75, 3.05) is 38.2 Å². The molecule has 1 unspecified atom stereocenters. The van der Waals surface area contributed by atoms with Crippen LogP contribution in [0, 0.1) is 0 Å². The molecule has 0 saturated carbocycles. The van der Waals surface area contributed by atoms with Gasteiger partial charge in [-0.15, -0.1) is 13.2 Å². The molecule has 5 nitrogen and oxygen atoms in total. The zero-order valence-corrected chi connectivity index (χ0v) is 12.9. The summed E-state index contributed by atoms with van der Waals surface area (Å²) in [7, 11) is 1.71. The smallest absolute Gasteiger partial charge is 0.264 e. The van der Waals surface area contributed by atoms with Gasteiger partial charge in [-0.05, 0) is 17.7 Å². The van der Waals surface area contributed by atoms with Gasteiger partial charge in [-0.25, -0.2) is 0 Å². The summed E-state index contributed by atoms with van der Waals surface area (Å²) >= 11 is 0. The topological polar surface area (TPSA) is 53.0 Å². The van der Waals surface area contributed by atoms with E-state index in [0.717, 1.165) is 5.56 Å². The first-order valence-electron chi connectivity index (χ1n) is 7.22. The van der Waals surface area contributed by atoms with Gasteiger partial charge in [0.2, 0.25) is 0 Å². The molecule has 0 fully saturated rings. The highest BCUT2D eigenvalue weighted by atomic mass is 16.5. The Morgan fingerprint density at radius 3 is 2.73 bits per heavy atom. The van der Waals surface area contributed by atoms with Crippen molar-refractivity contribution in [3.8, 4) is 5.75 Å². The van der Waals surface area contributed by atoms with Crippen LogP contribution in [0.15, 0.2) is 43.5 Å². The molecule has 2 rings (SSSR count). The molecule has 1 aliphatic rings. The van der Waals surface area contributed by atoms with Gasteiger partial charge in [-0.1, -0.05) is 18.2 Å². The molecule has 0 aliphatic carbocycles. The second kappa shape index (κ2) is 7.24. The molecular weight excluding hydrogens is 280 g/mol. The van der Waals surface area contributed by atoms with Gasteiger partial charge in [0.25, 0.3) is 5.91 Å². The Hall–Kier alpha value is -2.11. The minimum Gasteiger partial charge on any atom is -0.482 e. The van der Waals surface area contributed by atoms with E-state index in [0.29, 0.717) is 31.1 Å². The third kappa shape index (κ3) is 3.55. The highest BCUT2D eigenvalue weighted by Gasteiger charge is 2.23. The normalized spacial score (nSPS) is 15.2. The summed E-state index contributed by atoms with van der Waals surface area (Å²) < 4.78 is 5.39. The zero-order valence-electron chi connectivity index (χ0n) is 12.9. The number of anilines is 1. The Morgan fingerprint density at radius 1 is 1.41 bits per heavy atom. The molecule has 0 saturated heterocycles. The Labute approximate surface area is 131 Å². The zero-order chi connectivity index (χ0) is 16.1. The quantitative estimate of drug-likeness (QED) is 0.780. The number of benzene rings is 1. The summed E-state index contributed by atoms with van der Waals surface area (Å²) in [5.41, 5.74) is 1.44. The minimum absolute atomic E-state index is 0.0534. The summed E-state index contributed by atoms with van der Waals surface area (Å²) in [6, 6.07) is 5.42. The van der Waals surface area contributed by atoms with Crippen LogP contribution in [0.25, 0.3) is 0 Å². The van der Waals surface area contributed by atoms with Crippen molar-refractivity contribution in [2.24, 2.45) is 0 Å². The fourth-order valence-corrected chi connectivity index (χ4v) is 2.44. The maximum atomic E-state index is 11.7. The maximum absolute atomic E-state index is 11.7. The van der Waals surface area contributed by atoms with Gasteiger partial charge >= 0.3 is 0 Å².